The standard InChI is InChI=1S/C28H50O/c1-8-24-23(13-12-21-18-22(29)16-17-28(21,24)7)26-15-14-25(27(26,5)6)20(4)11-9-10-19(2)3/h12,19-20,22-26,29H,8-11,13-18H2,1-7H3/t20?,22?,23-,24?,25?,26?,28?/m0/s1. The van der Waals surface area contributed by atoms with E-state index in [1.807, 2.05) is 0 Å². The second-order valence-corrected chi connectivity index (χ2v) is 12.4. The minimum absolute atomic E-state index is 0.0950. The highest BCUT2D eigenvalue weighted by atomic mass is 16.3. The summed E-state index contributed by atoms with van der Waals surface area (Å²) in [5, 5.41) is 10.2. The first kappa shape index (κ1) is 23.4. The summed E-state index contributed by atoms with van der Waals surface area (Å²) in [4.78, 5) is 0. The molecule has 1 N–H and O–H groups in total. The third kappa shape index (κ3) is 4.51. The van der Waals surface area contributed by atoms with E-state index < -0.39 is 0 Å². The van der Waals surface area contributed by atoms with Crippen molar-refractivity contribution in [3.63, 3.8) is 0 Å². The van der Waals surface area contributed by atoms with Crippen LogP contribution >= 0.6 is 0 Å². The zero-order valence-corrected chi connectivity index (χ0v) is 20.6. The Morgan fingerprint density at radius 1 is 1.07 bits per heavy atom. The van der Waals surface area contributed by atoms with Crippen LogP contribution in [0.25, 0.3) is 0 Å². The molecule has 2 saturated carbocycles. The first-order valence-corrected chi connectivity index (χ1v) is 13.0. The highest BCUT2D eigenvalue weighted by Gasteiger charge is 2.53. The lowest BCUT2D eigenvalue weighted by atomic mass is 9.51. The Morgan fingerprint density at radius 3 is 2.45 bits per heavy atom. The molecule has 1 nitrogen and oxygen atoms in total. The number of rotatable bonds is 7. The predicted molar refractivity (Wildman–Crippen MR) is 126 cm³/mol. The largest absolute Gasteiger partial charge is 0.393 e. The molecule has 7 atom stereocenters. The Morgan fingerprint density at radius 2 is 1.79 bits per heavy atom. The lowest BCUT2D eigenvalue weighted by Gasteiger charge is -2.53. The maximum absolute atomic E-state index is 10.2. The molecule has 1 heteroatoms. The monoisotopic (exact) mass is 402 g/mol. The molecular weight excluding hydrogens is 352 g/mol. The second-order valence-electron chi connectivity index (χ2n) is 12.4. The summed E-state index contributed by atoms with van der Waals surface area (Å²) in [6, 6.07) is 0. The Hall–Kier alpha value is -0.300. The fraction of sp³-hybridized carbons (Fsp3) is 0.929. The van der Waals surface area contributed by atoms with Crippen LogP contribution in [0.4, 0.5) is 0 Å². The lowest BCUT2D eigenvalue weighted by Crippen LogP contribution is -2.46. The summed E-state index contributed by atoms with van der Waals surface area (Å²) in [5.41, 5.74) is 2.40. The average molecular weight is 403 g/mol. The molecule has 3 aliphatic rings. The van der Waals surface area contributed by atoms with E-state index >= 15 is 0 Å². The zero-order chi connectivity index (χ0) is 21.4. The Balaban J connectivity index is 1.74. The summed E-state index contributed by atoms with van der Waals surface area (Å²) in [7, 11) is 0. The van der Waals surface area contributed by atoms with Gasteiger partial charge in [0.05, 0.1) is 6.10 Å². The van der Waals surface area contributed by atoms with E-state index in [0.29, 0.717) is 10.8 Å². The van der Waals surface area contributed by atoms with E-state index in [1.54, 1.807) is 5.57 Å². The van der Waals surface area contributed by atoms with Gasteiger partial charge in [-0.2, -0.15) is 0 Å². The van der Waals surface area contributed by atoms with Gasteiger partial charge in [0.1, 0.15) is 0 Å². The van der Waals surface area contributed by atoms with Crippen molar-refractivity contribution in [2.24, 2.45) is 46.3 Å². The van der Waals surface area contributed by atoms with Crippen LogP contribution in [0.15, 0.2) is 11.6 Å². The lowest BCUT2D eigenvalue weighted by molar-refractivity contribution is -0.000896. The van der Waals surface area contributed by atoms with Crippen LogP contribution in [0.1, 0.15) is 113 Å². The van der Waals surface area contributed by atoms with Crippen molar-refractivity contribution in [1.29, 1.82) is 0 Å². The molecule has 3 rings (SSSR count). The van der Waals surface area contributed by atoms with Gasteiger partial charge in [-0.25, -0.2) is 0 Å². The van der Waals surface area contributed by atoms with E-state index in [1.165, 1.54) is 51.4 Å². The van der Waals surface area contributed by atoms with Gasteiger partial charge in [0.2, 0.25) is 0 Å². The molecule has 0 radical (unpaired) electrons. The Bertz CT molecular complexity index is 573. The molecule has 0 heterocycles. The molecule has 0 aromatic carbocycles. The maximum atomic E-state index is 10.2. The van der Waals surface area contributed by atoms with Gasteiger partial charge in [0.25, 0.3) is 0 Å². The summed E-state index contributed by atoms with van der Waals surface area (Å²) >= 11 is 0. The number of hydrogen-bond donors (Lipinski definition) is 1. The summed E-state index contributed by atoms with van der Waals surface area (Å²) < 4.78 is 0. The van der Waals surface area contributed by atoms with Gasteiger partial charge in [-0.05, 0) is 84.9 Å². The number of fused-ring (bicyclic) bond motifs is 1. The topological polar surface area (TPSA) is 20.2 Å². The molecule has 0 aromatic heterocycles. The number of aliphatic hydroxyl groups is 1. The number of allylic oxidation sites excluding steroid dienone is 1. The van der Waals surface area contributed by atoms with Crippen molar-refractivity contribution in [3.8, 4) is 0 Å². The van der Waals surface area contributed by atoms with Crippen LogP contribution in [0.3, 0.4) is 0 Å². The molecule has 3 aliphatic carbocycles. The maximum Gasteiger partial charge on any atom is 0.0577 e. The Labute approximate surface area is 182 Å². The summed E-state index contributed by atoms with van der Waals surface area (Å²) in [6.07, 6.45) is 15.3. The van der Waals surface area contributed by atoms with Crippen LogP contribution in [-0.2, 0) is 0 Å². The van der Waals surface area contributed by atoms with Crippen LogP contribution in [-0.4, -0.2) is 11.2 Å². The van der Waals surface area contributed by atoms with Crippen molar-refractivity contribution in [1.82, 2.24) is 0 Å². The molecule has 168 valence electrons. The van der Waals surface area contributed by atoms with E-state index in [4.69, 9.17) is 0 Å². The van der Waals surface area contributed by atoms with Gasteiger partial charge >= 0.3 is 0 Å². The fourth-order valence-electron chi connectivity index (χ4n) is 8.28. The molecule has 6 unspecified atom stereocenters. The van der Waals surface area contributed by atoms with Crippen molar-refractivity contribution < 1.29 is 5.11 Å². The zero-order valence-electron chi connectivity index (χ0n) is 20.6. The van der Waals surface area contributed by atoms with Gasteiger partial charge in [-0.15, -0.1) is 0 Å². The highest BCUT2D eigenvalue weighted by molar-refractivity contribution is 5.24. The summed E-state index contributed by atoms with van der Waals surface area (Å²) in [6.45, 7) is 17.5. The first-order valence-electron chi connectivity index (χ1n) is 13.0. The van der Waals surface area contributed by atoms with Gasteiger partial charge in [-0.3, -0.25) is 0 Å². The molecule has 0 spiro atoms. The predicted octanol–water partition coefficient (Wildman–Crippen LogP) is 8.02. The van der Waals surface area contributed by atoms with Crippen LogP contribution in [0, 0.1) is 46.3 Å². The van der Waals surface area contributed by atoms with E-state index in [-0.39, 0.29) is 6.10 Å². The molecule has 0 aromatic rings. The second kappa shape index (κ2) is 9.05. The molecular formula is C28H50O. The molecule has 2 fully saturated rings. The normalized spacial score (nSPS) is 40.6. The van der Waals surface area contributed by atoms with Gasteiger partial charge in [-0.1, -0.05) is 85.8 Å². The van der Waals surface area contributed by atoms with Crippen molar-refractivity contribution in [2.45, 2.75) is 119 Å². The highest BCUT2D eigenvalue weighted by Crippen LogP contribution is 2.62. The van der Waals surface area contributed by atoms with E-state index in [0.717, 1.165) is 48.3 Å². The minimum atomic E-state index is -0.0950. The Kier molecular flexibility index (Phi) is 7.30. The SMILES string of the molecule is CCC1[C@@H](C2CCC(C(C)CCCC(C)C)C2(C)C)CC=C2CC(O)CCC21C. The molecule has 29 heavy (non-hydrogen) atoms. The average Bonchev–Trinajstić information content (AvgIpc) is 2.95. The van der Waals surface area contributed by atoms with E-state index in [9.17, 15) is 5.11 Å². The third-order valence-corrected chi connectivity index (χ3v) is 9.94. The minimum Gasteiger partial charge on any atom is -0.393 e. The quantitative estimate of drug-likeness (QED) is 0.427. The number of hydrogen-bond acceptors (Lipinski definition) is 1. The fourth-order valence-corrected chi connectivity index (χ4v) is 8.28. The molecule has 0 amide bonds. The van der Waals surface area contributed by atoms with Crippen LogP contribution < -0.4 is 0 Å². The third-order valence-electron chi connectivity index (χ3n) is 9.94. The van der Waals surface area contributed by atoms with Crippen molar-refractivity contribution in [2.75, 3.05) is 0 Å². The number of aliphatic hydroxyl groups excluding tert-OH is 1. The molecule has 0 saturated heterocycles. The van der Waals surface area contributed by atoms with Crippen LogP contribution in [0.2, 0.25) is 0 Å². The van der Waals surface area contributed by atoms with Crippen LogP contribution in [0.5, 0.6) is 0 Å². The van der Waals surface area contributed by atoms with Crippen molar-refractivity contribution >= 4 is 0 Å². The summed E-state index contributed by atoms with van der Waals surface area (Å²) in [5.74, 6) is 5.11. The van der Waals surface area contributed by atoms with Crippen molar-refractivity contribution in [3.05, 3.63) is 11.6 Å². The first-order chi connectivity index (χ1) is 13.6. The van der Waals surface area contributed by atoms with Gasteiger partial charge in [0.15, 0.2) is 0 Å². The molecule has 0 bridgehead atoms. The van der Waals surface area contributed by atoms with E-state index in [2.05, 4.69) is 54.5 Å². The smallest absolute Gasteiger partial charge is 0.0577 e. The van der Waals surface area contributed by atoms with Gasteiger partial charge < -0.3 is 5.11 Å². The van der Waals surface area contributed by atoms with Gasteiger partial charge in [0, 0.05) is 0 Å². The molecule has 0 aliphatic heterocycles.